The Morgan fingerprint density at radius 3 is 3.32 bits per heavy atom. The molecule has 0 radical (unpaired) electrons. The molecule has 1 aliphatic heterocycles. The summed E-state index contributed by atoms with van der Waals surface area (Å²) in [4.78, 5) is 22.7. The highest BCUT2D eigenvalue weighted by molar-refractivity contribution is 7.09. The molecule has 2 aromatic heterocycles. The van der Waals surface area contributed by atoms with Gasteiger partial charge in [-0.3, -0.25) is 9.69 Å². The lowest BCUT2D eigenvalue weighted by Gasteiger charge is -2.32. The minimum Gasteiger partial charge on any atom is -0.468 e. The molecule has 6 heteroatoms. The Morgan fingerprint density at radius 2 is 2.58 bits per heavy atom. The van der Waals surface area contributed by atoms with Crippen molar-refractivity contribution >= 4 is 17.3 Å². The molecule has 19 heavy (non-hydrogen) atoms. The molecule has 0 saturated carbocycles. The Labute approximate surface area is 115 Å². The SMILES string of the molecule is COC(=O)C1Cc2nc[nH]c2CN1Cc1cccs1. The van der Waals surface area contributed by atoms with Gasteiger partial charge in [0.2, 0.25) is 0 Å². The van der Waals surface area contributed by atoms with Gasteiger partial charge in [0.1, 0.15) is 6.04 Å². The van der Waals surface area contributed by atoms with E-state index in [1.165, 1.54) is 12.0 Å². The average molecular weight is 277 g/mol. The third-order valence-electron chi connectivity index (χ3n) is 3.41. The van der Waals surface area contributed by atoms with E-state index in [1.807, 2.05) is 11.4 Å². The maximum absolute atomic E-state index is 11.9. The van der Waals surface area contributed by atoms with Crippen molar-refractivity contribution < 1.29 is 9.53 Å². The number of nitrogens with zero attached hydrogens (tertiary/aromatic N) is 2. The van der Waals surface area contributed by atoms with Crippen LogP contribution in [0.1, 0.15) is 16.3 Å². The number of H-pyrrole nitrogens is 1. The van der Waals surface area contributed by atoms with Gasteiger partial charge in [0.05, 0.1) is 24.8 Å². The number of aromatic nitrogens is 2. The smallest absolute Gasteiger partial charge is 0.323 e. The highest BCUT2D eigenvalue weighted by atomic mass is 32.1. The number of thiophene rings is 1. The lowest BCUT2D eigenvalue weighted by molar-refractivity contribution is -0.148. The van der Waals surface area contributed by atoms with Crippen molar-refractivity contribution in [1.82, 2.24) is 14.9 Å². The standard InChI is InChI=1S/C13H15N3O2S/c1-18-13(17)12-5-10-11(15-8-14-10)7-16(12)6-9-3-2-4-19-9/h2-4,8,12H,5-7H2,1H3,(H,14,15). The molecule has 1 unspecified atom stereocenters. The second kappa shape index (κ2) is 5.14. The molecule has 0 saturated heterocycles. The van der Waals surface area contributed by atoms with Gasteiger partial charge in [0, 0.05) is 24.4 Å². The zero-order valence-corrected chi connectivity index (χ0v) is 11.4. The van der Waals surface area contributed by atoms with Crippen LogP contribution < -0.4 is 0 Å². The molecular formula is C13H15N3O2S. The molecule has 2 aromatic rings. The second-order valence-corrected chi connectivity index (χ2v) is 5.59. The van der Waals surface area contributed by atoms with Gasteiger partial charge in [-0.15, -0.1) is 11.3 Å². The van der Waals surface area contributed by atoms with E-state index in [9.17, 15) is 4.79 Å². The quantitative estimate of drug-likeness (QED) is 0.865. The fraction of sp³-hybridized carbons (Fsp3) is 0.385. The van der Waals surface area contributed by atoms with Crippen molar-refractivity contribution in [3.63, 3.8) is 0 Å². The molecule has 5 nitrogen and oxygen atoms in total. The molecule has 1 atom stereocenters. The van der Waals surface area contributed by atoms with Gasteiger partial charge >= 0.3 is 5.97 Å². The maximum Gasteiger partial charge on any atom is 0.323 e. The molecule has 0 fully saturated rings. The van der Waals surface area contributed by atoms with Crippen LogP contribution in [-0.4, -0.2) is 34.0 Å². The Hall–Kier alpha value is -1.66. The number of fused-ring (bicyclic) bond motifs is 1. The van der Waals surface area contributed by atoms with Crippen molar-refractivity contribution in [2.75, 3.05) is 7.11 Å². The van der Waals surface area contributed by atoms with Gasteiger partial charge < -0.3 is 9.72 Å². The minimum atomic E-state index is -0.247. The first-order chi connectivity index (χ1) is 9.28. The van der Waals surface area contributed by atoms with E-state index in [-0.39, 0.29) is 12.0 Å². The van der Waals surface area contributed by atoms with Crippen molar-refractivity contribution in [1.29, 1.82) is 0 Å². The lowest BCUT2D eigenvalue weighted by atomic mass is 10.0. The van der Waals surface area contributed by atoms with Crippen LogP contribution in [0.25, 0.3) is 0 Å². The van der Waals surface area contributed by atoms with Crippen molar-refractivity contribution in [3.05, 3.63) is 40.1 Å². The topological polar surface area (TPSA) is 58.2 Å². The van der Waals surface area contributed by atoms with Gasteiger partial charge in [0.25, 0.3) is 0 Å². The number of carbonyl (C=O) groups is 1. The molecule has 1 N–H and O–H groups in total. The Kier molecular flexibility index (Phi) is 3.35. The van der Waals surface area contributed by atoms with Crippen molar-refractivity contribution in [2.45, 2.75) is 25.6 Å². The first-order valence-corrected chi connectivity index (χ1v) is 7.01. The fourth-order valence-electron chi connectivity index (χ4n) is 2.42. The third-order valence-corrected chi connectivity index (χ3v) is 4.27. The molecule has 0 amide bonds. The Balaban J connectivity index is 1.84. The number of hydrogen-bond acceptors (Lipinski definition) is 5. The van der Waals surface area contributed by atoms with Crippen LogP contribution in [-0.2, 0) is 29.0 Å². The predicted octanol–water partition coefficient (Wildman–Crippen LogP) is 1.57. The van der Waals surface area contributed by atoms with Crippen LogP contribution >= 0.6 is 11.3 Å². The Bertz CT molecular complexity index is 564. The second-order valence-electron chi connectivity index (χ2n) is 4.56. The van der Waals surface area contributed by atoms with Crippen LogP contribution in [0.15, 0.2) is 23.8 Å². The van der Waals surface area contributed by atoms with Gasteiger partial charge in [-0.25, -0.2) is 4.98 Å². The number of esters is 1. The fourth-order valence-corrected chi connectivity index (χ4v) is 3.15. The zero-order valence-electron chi connectivity index (χ0n) is 10.6. The summed E-state index contributed by atoms with van der Waals surface area (Å²) in [6.45, 7) is 1.46. The number of imidazole rings is 1. The molecule has 100 valence electrons. The van der Waals surface area contributed by atoms with E-state index in [1.54, 1.807) is 17.7 Å². The van der Waals surface area contributed by atoms with Gasteiger partial charge in [0.15, 0.2) is 0 Å². The van der Waals surface area contributed by atoms with Crippen molar-refractivity contribution in [3.8, 4) is 0 Å². The number of methoxy groups -OCH3 is 1. The molecule has 0 spiro atoms. The summed E-state index contributed by atoms with van der Waals surface area (Å²) in [5.74, 6) is -0.190. The van der Waals surface area contributed by atoms with Gasteiger partial charge in [-0.1, -0.05) is 6.07 Å². The highest BCUT2D eigenvalue weighted by Crippen LogP contribution is 2.24. The van der Waals surface area contributed by atoms with Crippen LogP contribution in [0.5, 0.6) is 0 Å². The molecular weight excluding hydrogens is 262 g/mol. The van der Waals surface area contributed by atoms with E-state index < -0.39 is 0 Å². The van der Waals surface area contributed by atoms with Gasteiger partial charge in [-0.05, 0) is 11.4 Å². The first kappa shape index (κ1) is 12.4. The summed E-state index contributed by atoms with van der Waals surface area (Å²) in [6, 6.07) is 3.86. The van der Waals surface area contributed by atoms with E-state index in [2.05, 4.69) is 20.9 Å². The zero-order chi connectivity index (χ0) is 13.2. The molecule has 3 heterocycles. The summed E-state index contributed by atoms with van der Waals surface area (Å²) in [6.07, 6.45) is 2.30. The number of ether oxygens (including phenoxy) is 1. The first-order valence-electron chi connectivity index (χ1n) is 6.13. The number of hydrogen-bond donors (Lipinski definition) is 1. The number of rotatable bonds is 3. The normalized spacial score (nSPS) is 19.1. The van der Waals surface area contributed by atoms with Crippen LogP contribution in [0.3, 0.4) is 0 Å². The molecule has 1 aliphatic rings. The number of nitrogens with one attached hydrogen (secondary N) is 1. The molecule has 0 aliphatic carbocycles. The predicted molar refractivity (Wildman–Crippen MR) is 71.7 cm³/mol. The summed E-state index contributed by atoms with van der Waals surface area (Å²) in [5.41, 5.74) is 2.06. The molecule has 3 rings (SSSR count). The summed E-state index contributed by atoms with van der Waals surface area (Å²) < 4.78 is 4.92. The highest BCUT2D eigenvalue weighted by Gasteiger charge is 2.33. The summed E-state index contributed by atoms with van der Waals surface area (Å²) in [7, 11) is 1.44. The maximum atomic E-state index is 11.9. The average Bonchev–Trinajstić information content (AvgIpc) is 3.07. The largest absolute Gasteiger partial charge is 0.468 e. The monoisotopic (exact) mass is 277 g/mol. The lowest BCUT2D eigenvalue weighted by Crippen LogP contribution is -2.45. The van der Waals surface area contributed by atoms with Gasteiger partial charge in [-0.2, -0.15) is 0 Å². The van der Waals surface area contributed by atoms with Crippen LogP contribution in [0.2, 0.25) is 0 Å². The number of aromatic amines is 1. The van der Waals surface area contributed by atoms with Crippen LogP contribution in [0.4, 0.5) is 0 Å². The van der Waals surface area contributed by atoms with E-state index >= 15 is 0 Å². The van der Waals surface area contributed by atoms with E-state index in [4.69, 9.17) is 4.74 Å². The third kappa shape index (κ3) is 2.41. The Morgan fingerprint density at radius 1 is 1.68 bits per heavy atom. The molecule has 0 bridgehead atoms. The van der Waals surface area contributed by atoms with Crippen molar-refractivity contribution in [2.24, 2.45) is 0 Å². The molecule has 0 aromatic carbocycles. The summed E-state index contributed by atoms with van der Waals surface area (Å²) in [5, 5.41) is 2.05. The summed E-state index contributed by atoms with van der Waals surface area (Å²) >= 11 is 1.70. The van der Waals surface area contributed by atoms with E-state index in [0.29, 0.717) is 13.0 Å². The van der Waals surface area contributed by atoms with Crippen LogP contribution in [0, 0.1) is 0 Å². The van der Waals surface area contributed by atoms with E-state index in [0.717, 1.165) is 17.9 Å². The minimum absolute atomic E-state index is 0.190. The number of carbonyl (C=O) groups excluding carboxylic acids is 1.